The smallest absolute Gasteiger partial charge is 0.317 e. The molecule has 0 aliphatic carbocycles. The maximum absolute atomic E-state index is 10.3. The number of likely N-dealkylation sites (N-methyl/N-ethyl adjacent to an activating group) is 1. The van der Waals surface area contributed by atoms with Gasteiger partial charge in [-0.3, -0.25) is 9.69 Å². The number of nitrogens with zero attached hydrogens (tertiary/aromatic N) is 2. The van der Waals surface area contributed by atoms with Crippen LogP contribution in [-0.2, 0) is 4.79 Å². The van der Waals surface area contributed by atoms with E-state index in [2.05, 4.69) is 0 Å². The summed E-state index contributed by atoms with van der Waals surface area (Å²) in [4.78, 5) is 12.1. The molecule has 0 aliphatic rings. The molecule has 0 saturated carbocycles. The van der Waals surface area contributed by atoms with Crippen LogP contribution in [0.5, 0.6) is 0 Å². The van der Waals surface area contributed by atoms with E-state index in [0.717, 1.165) is 13.0 Å². The van der Waals surface area contributed by atoms with E-state index in [0.29, 0.717) is 13.0 Å². The molecule has 12 heavy (non-hydrogen) atoms. The standard InChI is InChI=1S/C8H14N2O2/c1-2-10(7-8(11)12)6-4-3-5-9/h2-4,6-7H2,1H3,(H,11,12). The van der Waals surface area contributed by atoms with Crippen molar-refractivity contribution >= 4 is 5.97 Å². The highest BCUT2D eigenvalue weighted by Gasteiger charge is 2.05. The first kappa shape index (κ1) is 10.9. The summed E-state index contributed by atoms with van der Waals surface area (Å²) < 4.78 is 0. The van der Waals surface area contributed by atoms with Gasteiger partial charge in [0, 0.05) is 6.42 Å². The van der Waals surface area contributed by atoms with Gasteiger partial charge >= 0.3 is 5.97 Å². The summed E-state index contributed by atoms with van der Waals surface area (Å²) in [5.74, 6) is -0.811. The summed E-state index contributed by atoms with van der Waals surface area (Å²) in [6, 6.07) is 2.03. The molecule has 0 saturated heterocycles. The Labute approximate surface area is 72.4 Å². The second-order valence-corrected chi connectivity index (χ2v) is 2.52. The van der Waals surface area contributed by atoms with Gasteiger partial charge in [-0.05, 0) is 19.5 Å². The van der Waals surface area contributed by atoms with E-state index in [1.807, 2.05) is 13.0 Å². The van der Waals surface area contributed by atoms with Crippen molar-refractivity contribution in [2.24, 2.45) is 0 Å². The number of hydrogen-bond donors (Lipinski definition) is 1. The normalized spacial score (nSPS) is 9.75. The minimum absolute atomic E-state index is 0.0714. The van der Waals surface area contributed by atoms with Crippen LogP contribution in [0.1, 0.15) is 19.8 Å². The molecule has 0 spiro atoms. The third-order valence-electron chi connectivity index (χ3n) is 1.57. The number of carbonyl (C=O) groups is 1. The van der Waals surface area contributed by atoms with Crippen LogP contribution in [0.2, 0.25) is 0 Å². The van der Waals surface area contributed by atoms with Gasteiger partial charge in [0.05, 0.1) is 12.6 Å². The van der Waals surface area contributed by atoms with Crippen LogP contribution in [0.3, 0.4) is 0 Å². The number of carboxylic acid groups (broad SMARTS) is 1. The van der Waals surface area contributed by atoms with E-state index >= 15 is 0 Å². The number of hydrogen-bond acceptors (Lipinski definition) is 3. The van der Waals surface area contributed by atoms with Crippen molar-refractivity contribution in [3.05, 3.63) is 0 Å². The van der Waals surface area contributed by atoms with E-state index in [9.17, 15) is 4.79 Å². The summed E-state index contributed by atoms with van der Waals surface area (Å²) in [5, 5.41) is 16.7. The minimum Gasteiger partial charge on any atom is -0.480 e. The molecule has 4 nitrogen and oxygen atoms in total. The monoisotopic (exact) mass is 170 g/mol. The van der Waals surface area contributed by atoms with Crippen molar-refractivity contribution in [3.8, 4) is 6.07 Å². The number of rotatable bonds is 6. The molecule has 0 aromatic carbocycles. The van der Waals surface area contributed by atoms with Gasteiger partial charge in [0.2, 0.25) is 0 Å². The zero-order chi connectivity index (χ0) is 9.40. The summed E-state index contributed by atoms with van der Waals surface area (Å²) in [7, 11) is 0. The maximum atomic E-state index is 10.3. The lowest BCUT2D eigenvalue weighted by Gasteiger charge is -2.16. The van der Waals surface area contributed by atoms with E-state index < -0.39 is 5.97 Å². The van der Waals surface area contributed by atoms with Gasteiger partial charge in [-0.2, -0.15) is 5.26 Å². The fraction of sp³-hybridized carbons (Fsp3) is 0.750. The number of nitriles is 1. The lowest BCUT2D eigenvalue weighted by molar-refractivity contribution is -0.138. The molecule has 4 heteroatoms. The average Bonchev–Trinajstić information content (AvgIpc) is 2.02. The first-order valence-corrected chi connectivity index (χ1v) is 4.01. The summed E-state index contributed by atoms with van der Waals surface area (Å²) in [6.07, 6.45) is 1.24. The second kappa shape index (κ2) is 6.62. The molecule has 68 valence electrons. The number of aliphatic carboxylic acids is 1. The van der Waals surface area contributed by atoms with Crippen molar-refractivity contribution in [2.75, 3.05) is 19.6 Å². The van der Waals surface area contributed by atoms with Gasteiger partial charge in [-0.15, -0.1) is 0 Å². The molecule has 0 bridgehead atoms. The van der Waals surface area contributed by atoms with E-state index in [-0.39, 0.29) is 6.54 Å². The summed E-state index contributed by atoms with van der Waals surface area (Å²) >= 11 is 0. The van der Waals surface area contributed by atoms with Gasteiger partial charge in [0.1, 0.15) is 0 Å². The molecule has 1 N–H and O–H groups in total. The maximum Gasteiger partial charge on any atom is 0.317 e. The molecule has 0 rings (SSSR count). The van der Waals surface area contributed by atoms with Crippen LogP contribution in [-0.4, -0.2) is 35.6 Å². The van der Waals surface area contributed by atoms with Gasteiger partial charge in [0.25, 0.3) is 0 Å². The quantitative estimate of drug-likeness (QED) is 0.596. The second-order valence-electron chi connectivity index (χ2n) is 2.52. The molecule has 0 atom stereocenters. The SMILES string of the molecule is CCN(CCCC#N)CC(=O)O. The molecule has 0 amide bonds. The van der Waals surface area contributed by atoms with Crippen molar-refractivity contribution in [2.45, 2.75) is 19.8 Å². The minimum atomic E-state index is -0.811. The highest BCUT2D eigenvalue weighted by molar-refractivity contribution is 5.69. The number of carboxylic acids is 1. The highest BCUT2D eigenvalue weighted by Crippen LogP contribution is 1.93. The Bertz CT molecular complexity index is 174. The van der Waals surface area contributed by atoms with E-state index in [1.165, 1.54) is 0 Å². The summed E-state index contributed by atoms with van der Waals surface area (Å²) in [5.41, 5.74) is 0. The van der Waals surface area contributed by atoms with Crippen molar-refractivity contribution in [1.29, 1.82) is 5.26 Å². The van der Waals surface area contributed by atoms with Gasteiger partial charge in [-0.25, -0.2) is 0 Å². The highest BCUT2D eigenvalue weighted by atomic mass is 16.4. The van der Waals surface area contributed by atoms with Crippen molar-refractivity contribution < 1.29 is 9.90 Å². The molecule has 0 heterocycles. The predicted octanol–water partition coefficient (Wildman–Crippen LogP) is 0.697. The fourth-order valence-corrected chi connectivity index (χ4v) is 0.922. The zero-order valence-electron chi connectivity index (χ0n) is 7.29. The molecule has 0 aromatic heterocycles. The molecular formula is C8H14N2O2. The van der Waals surface area contributed by atoms with Crippen molar-refractivity contribution in [3.63, 3.8) is 0 Å². The van der Waals surface area contributed by atoms with Gasteiger partial charge < -0.3 is 5.11 Å². The molecule has 0 fully saturated rings. The largest absolute Gasteiger partial charge is 0.480 e. The molecule has 0 unspecified atom stereocenters. The van der Waals surface area contributed by atoms with E-state index in [4.69, 9.17) is 10.4 Å². The lowest BCUT2D eigenvalue weighted by Crippen LogP contribution is -2.30. The van der Waals surface area contributed by atoms with Crippen LogP contribution < -0.4 is 0 Å². The Morgan fingerprint density at radius 1 is 1.67 bits per heavy atom. The van der Waals surface area contributed by atoms with Crippen molar-refractivity contribution in [1.82, 2.24) is 4.90 Å². The van der Waals surface area contributed by atoms with Crippen LogP contribution in [0.25, 0.3) is 0 Å². The van der Waals surface area contributed by atoms with Crippen LogP contribution in [0, 0.1) is 11.3 Å². The number of unbranched alkanes of at least 4 members (excludes halogenated alkanes) is 1. The molecule has 0 radical (unpaired) electrons. The Morgan fingerprint density at radius 3 is 2.75 bits per heavy atom. The van der Waals surface area contributed by atoms with E-state index in [1.54, 1.807) is 4.90 Å². The van der Waals surface area contributed by atoms with Crippen LogP contribution in [0.15, 0.2) is 0 Å². The first-order chi connectivity index (χ1) is 5.70. The Balaban J connectivity index is 3.54. The Morgan fingerprint density at radius 2 is 2.33 bits per heavy atom. The lowest BCUT2D eigenvalue weighted by atomic mass is 10.3. The van der Waals surface area contributed by atoms with Gasteiger partial charge in [-0.1, -0.05) is 6.92 Å². The van der Waals surface area contributed by atoms with Gasteiger partial charge in [0.15, 0.2) is 0 Å². The first-order valence-electron chi connectivity index (χ1n) is 4.01. The predicted molar refractivity (Wildman–Crippen MR) is 44.6 cm³/mol. The Kier molecular flexibility index (Phi) is 6.02. The summed E-state index contributed by atoms with van der Waals surface area (Å²) in [6.45, 7) is 3.39. The molecule has 0 aliphatic heterocycles. The molecular weight excluding hydrogens is 156 g/mol. The average molecular weight is 170 g/mol. The Hall–Kier alpha value is -1.08. The van der Waals surface area contributed by atoms with Crippen LogP contribution >= 0.6 is 0 Å². The van der Waals surface area contributed by atoms with Crippen LogP contribution in [0.4, 0.5) is 0 Å². The topological polar surface area (TPSA) is 64.3 Å². The third-order valence-corrected chi connectivity index (χ3v) is 1.57. The third kappa shape index (κ3) is 5.69. The molecule has 0 aromatic rings. The zero-order valence-corrected chi connectivity index (χ0v) is 7.29. The fourth-order valence-electron chi connectivity index (χ4n) is 0.922.